The smallest absolute Gasteiger partial charge is 0.338 e. The van der Waals surface area contributed by atoms with Crippen LogP contribution in [0.1, 0.15) is 73.7 Å². The molecule has 0 aromatic heterocycles. The molecule has 1 aromatic rings. The van der Waals surface area contributed by atoms with Crippen LogP contribution in [0.2, 0.25) is 0 Å². The van der Waals surface area contributed by atoms with Crippen molar-refractivity contribution in [2.45, 2.75) is 63.3 Å². The number of amides is 1. The maximum Gasteiger partial charge on any atom is 0.338 e. The molecule has 0 heterocycles. The fourth-order valence-electron chi connectivity index (χ4n) is 3.75. The Morgan fingerprint density at radius 3 is 2.38 bits per heavy atom. The first kappa shape index (κ1) is 18.4. The van der Waals surface area contributed by atoms with Crippen molar-refractivity contribution in [2.75, 3.05) is 6.61 Å². The molecule has 26 heavy (non-hydrogen) atoms. The molecule has 2 fully saturated rings. The zero-order valence-electron chi connectivity index (χ0n) is 15.3. The molecule has 3 rings (SSSR count). The number of benzene rings is 1. The molecule has 2 aliphatic rings. The normalized spacial score (nSPS) is 19.8. The Labute approximate surface area is 154 Å². The summed E-state index contributed by atoms with van der Waals surface area (Å²) in [5.74, 6) is -0.168. The van der Waals surface area contributed by atoms with Gasteiger partial charge >= 0.3 is 5.97 Å². The van der Waals surface area contributed by atoms with Gasteiger partial charge in [-0.3, -0.25) is 4.79 Å². The molecule has 2 saturated carbocycles. The molecule has 5 heteroatoms. The number of hydrogen-bond donors (Lipinski definition) is 1. The number of hydrogen-bond acceptors (Lipinski definition) is 4. The quantitative estimate of drug-likeness (QED) is 0.790. The molecule has 2 aliphatic carbocycles. The maximum absolute atomic E-state index is 12.2. The van der Waals surface area contributed by atoms with Crippen molar-refractivity contribution in [2.24, 2.45) is 5.92 Å². The first-order valence-corrected chi connectivity index (χ1v) is 9.51. The van der Waals surface area contributed by atoms with E-state index in [1.165, 1.54) is 37.7 Å². The zero-order valence-corrected chi connectivity index (χ0v) is 15.3. The minimum absolute atomic E-state index is 0.194. The Balaban J connectivity index is 1.50. The van der Waals surface area contributed by atoms with E-state index < -0.39 is 17.4 Å². The van der Waals surface area contributed by atoms with Crippen molar-refractivity contribution in [1.82, 2.24) is 5.32 Å². The number of nitriles is 1. The van der Waals surface area contributed by atoms with Crippen LogP contribution in [0.4, 0.5) is 0 Å². The van der Waals surface area contributed by atoms with Crippen LogP contribution in [-0.2, 0) is 9.53 Å². The largest absolute Gasteiger partial charge is 0.452 e. The predicted molar refractivity (Wildman–Crippen MR) is 97.4 cm³/mol. The molecule has 1 atom stereocenters. The summed E-state index contributed by atoms with van der Waals surface area (Å²) in [6.07, 6.45) is 8.16. The molecule has 138 valence electrons. The standard InChI is InChI=1S/C21H26N2O3/c1-21(14-22,18-11-12-18)23-19(24)13-26-20(25)17-9-7-16(8-10-17)15-5-3-2-4-6-15/h7-10,15,18H,2-6,11-13H2,1H3,(H,23,24)/t21-/m1/s1. The second kappa shape index (κ2) is 7.90. The van der Waals surface area contributed by atoms with E-state index in [2.05, 4.69) is 11.4 Å². The summed E-state index contributed by atoms with van der Waals surface area (Å²) in [5.41, 5.74) is 0.848. The van der Waals surface area contributed by atoms with Crippen molar-refractivity contribution in [1.29, 1.82) is 5.26 Å². The molecule has 0 saturated heterocycles. The summed E-state index contributed by atoms with van der Waals surface area (Å²) in [7, 11) is 0. The van der Waals surface area contributed by atoms with Gasteiger partial charge in [0.2, 0.25) is 0 Å². The van der Waals surface area contributed by atoms with Crippen LogP contribution in [0.3, 0.4) is 0 Å². The number of carbonyl (C=O) groups excluding carboxylic acids is 2. The molecule has 5 nitrogen and oxygen atoms in total. The summed E-state index contributed by atoms with van der Waals surface area (Å²) < 4.78 is 5.11. The molecule has 0 aliphatic heterocycles. The van der Waals surface area contributed by atoms with Gasteiger partial charge in [-0.25, -0.2) is 4.79 Å². The summed E-state index contributed by atoms with van der Waals surface area (Å²) in [4.78, 5) is 24.2. The number of nitrogens with zero attached hydrogens (tertiary/aromatic N) is 1. The Kier molecular flexibility index (Phi) is 5.61. The van der Waals surface area contributed by atoms with Crippen LogP contribution in [0, 0.1) is 17.2 Å². The molecular weight excluding hydrogens is 328 g/mol. The van der Waals surface area contributed by atoms with E-state index in [-0.39, 0.29) is 12.5 Å². The number of esters is 1. The van der Waals surface area contributed by atoms with Gasteiger partial charge in [0.25, 0.3) is 5.91 Å². The van der Waals surface area contributed by atoms with E-state index in [4.69, 9.17) is 4.74 Å². The van der Waals surface area contributed by atoms with E-state index in [0.29, 0.717) is 11.5 Å². The summed E-state index contributed by atoms with van der Waals surface area (Å²) in [6, 6.07) is 9.68. The third-order valence-corrected chi connectivity index (χ3v) is 5.58. The van der Waals surface area contributed by atoms with Crippen molar-refractivity contribution in [3.63, 3.8) is 0 Å². The van der Waals surface area contributed by atoms with Gasteiger partial charge in [0.05, 0.1) is 11.6 Å². The number of rotatable bonds is 6. The number of ether oxygens (including phenoxy) is 1. The average molecular weight is 354 g/mol. The minimum atomic E-state index is -0.870. The van der Waals surface area contributed by atoms with E-state index in [1.807, 2.05) is 12.1 Å². The second-order valence-electron chi connectivity index (χ2n) is 7.67. The first-order chi connectivity index (χ1) is 12.5. The highest BCUT2D eigenvalue weighted by Gasteiger charge is 2.43. The fourth-order valence-corrected chi connectivity index (χ4v) is 3.75. The topological polar surface area (TPSA) is 79.2 Å². The van der Waals surface area contributed by atoms with Crippen LogP contribution in [0.25, 0.3) is 0 Å². The van der Waals surface area contributed by atoms with Crippen molar-refractivity contribution in [3.8, 4) is 6.07 Å². The Hall–Kier alpha value is -2.35. The molecule has 0 radical (unpaired) electrons. The van der Waals surface area contributed by atoms with E-state index >= 15 is 0 Å². The third kappa shape index (κ3) is 4.43. The van der Waals surface area contributed by atoms with Crippen LogP contribution in [0.15, 0.2) is 24.3 Å². The van der Waals surface area contributed by atoms with Gasteiger partial charge in [-0.2, -0.15) is 5.26 Å². The van der Waals surface area contributed by atoms with Crippen LogP contribution >= 0.6 is 0 Å². The monoisotopic (exact) mass is 354 g/mol. The lowest BCUT2D eigenvalue weighted by molar-refractivity contribution is -0.125. The molecule has 0 bridgehead atoms. The SMILES string of the molecule is C[C@](C#N)(NC(=O)COC(=O)c1ccc(C2CCCCC2)cc1)C1CC1. The number of nitrogens with one attached hydrogen (secondary N) is 1. The Morgan fingerprint density at radius 1 is 1.15 bits per heavy atom. The summed E-state index contributed by atoms with van der Waals surface area (Å²) >= 11 is 0. The molecule has 0 unspecified atom stereocenters. The highest BCUT2D eigenvalue weighted by atomic mass is 16.5. The molecule has 0 spiro atoms. The Morgan fingerprint density at radius 2 is 1.81 bits per heavy atom. The third-order valence-electron chi connectivity index (χ3n) is 5.58. The van der Waals surface area contributed by atoms with E-state index in [0.717, 1.165) is 12.8 Å². The summed E-state index contributed by atoms with van der Waals surface area (Å²) in [5, 5.41) is 11.9. The molecular formula is C21H26N2O3. The average Bonchev–Trinajstić information content (AvgIpc) is 3.53. The van der Waals surface area contributed by atoms with Crippen LogP contribution in [-0.4, -0.2) is 24.0 Å². The van der Waals surface area contributed by atoms with Gasteiger partial charge in [0, 0.05) is 0 Å². The van der Waals surface area contributed by atoms with Gasteiger partial charge in [-0.15, -0.1) is 0 Å². The maximum atomic E-state index is 12.2. The predicted octanol–water partition coefficient (Wildman–Crippen LogP) is 3.70. The lowest BCUT2D eigenvalue weighted by Crippen LogP contribution is -2.48. The molecule has 1 N–H and O–H groups in total. The lowest BCUT2D eigenvalue weighted by Gasteiger charge is -2.22. The van der Waals surface area contributed by atoms with E-state index in [9.17, 15) is 14.9 Å². The van der Waals surface area contributed by atoms with Gasteiger partial charge < -0.3 is 10.1 Å². The molecule has 1 amide bonds. The second-order valence-corrected chi connectivity index (χ2v) is 7.67. The Bertz CT molecular complexity index is 697. The highest BCUT2D eigenvalue weighted by molar-refractivity contribution is 5.91. The first-order valence-electron chi connectivity index (χ1n) is 9.51. The van der Waals surface area contributed by atoms with Gasteiger partial charge in [0.15, 0.2) is 6.61 Å². The zero-order chi connectivity index (χ0) is 18.6. The van der Waals surface area contributed by atoms with Crippen molar-refractivity contribution < 1.29 is 14.3 Å². The van der Waals surface area contributed by atoms with Gasteiger partial charge in [-0.1, -0.05) is 31.4 Å². The van der Waals surface area contributed by atoms with Crippen LogP contribution in [0.5, 0.6) is 0 Å². The van der Waals surface area contributed by atoms with E-state index in [1.54, 1.807) is 19.1 Å². The van der Waals surface area contributed by atoms with Crippen molar-refractivity contribution in [3.05, 3.63) is 35.4 Å². The van der Waals surface area contributed by atoms with Crippen molar-refractivity contribution >= 4 is 11.9 Å². The molecule has 1 aromatic carbocycles. The van der Waals surface area contributed by atoms with Gasteiger partial charge in [-0.05, 0) is 62.1 Å². The lowest BCUT2D eigenvalue weighted by atomic mass is 9.84. The highest BCUT2D eigenvalue weighted by Crippen LogP contribution is 2.39. The fraction of sp³-hybridized carbons (Fsp3) is 0.571. The number of carbonyl (C=O) groups is 2. The minimum Gasteiger partial charge on any atom is -0.452 e. The summed E-state index contributed by atoms with van der Waals surface area (Å²) in [6.45, 7) is 1.35. The van der Waals surface area contributed by atoms with Crippen LogP contribution < -0.4 is 5.32 Å². The van der Waals surface area contributed by atoms with Gasteiger partial charge in [0.1, 0.15) is 5.54 Å².